The van der Waals surface area contributed by atoms with E-state index in [-0.39, 0.29) is 25.7 Å². The minimum absolute atomic E-state index is 0.169. The number of carbonyl (C=O) groups is 2. The molecule has 0 saturated carbocycles. The maximum atomic E-state index is 12.0. The minimum atomic E-state index is -0.894. The molecular formula is C26H28N2O6. The fraction of sp³-hybridized carbons (Fsp3) is 0.346. The largest absolute Gasteiger partial charge is 0.487 e. The maximum Gasteiger partial charge on any atom is 0.409 e. The van der Waals surface area contributed by atoms with E-state index in [2.05, 4.69) is 4.98 Å². The number of hydrogen-bond donors (Lipinski definition) is 1. The van der Waals surface area contributed by atoms with Crippen LogP contribution in [0.25, 0.3) is 11.5 Å². The molecule has 1 N–H and O–H groups in total. The van der Waals surface area contributed by atoms with Gasteiger partial charge in [0.15, 0.2) is 0 Å². The second-order valence-corrected chi connectivity index (χ2v) is 8.33. The summed E-state index contributed by atoms with van der Waals surface area (Å²) in [6.07, 6.45) is 0.0919. The van der Waals surface area contributed by atoms with Gasteiger partial charge in [-0.15, -0.1) is 0 Å². The Morgan fingerprint density at radius 1 is 1.12 bits per heavy atom. The number of aryl methyl sites for hydroxylation is 1. The van der Waals surface area contributed by atoms with Crippen LogP contribution in [-0.4, -0.2) is 46.7 Å². The molecule has 2 heterocycles. The van der Waals surface area contributed by atoms with Crippen LogP contribution in [0.1, 0.15) is 23.9 Å². The van der Waals surface area contributed by atoms with Crippen LogP contribution in [0.3, 0.4) is 0 Å². The van der Waals surface area contributed by atoms with Crippen LogP contribution >= 0.6 is 0 Å². The molecule has 1 aromatic heterocycles. The highest BCUT2D eigenvalue weighted by Crippen LogP contribution is 2.29. The number of oxazole rings is 1. The lowest BCUT2D eigenvalue weighted by molar-refractivity contribution is -0.142. The van der Waals surface area contributed by atoms with Crippen molar-refractivity contribution in [2.75, 3.05) is 19.7 Å². The van der Waals surface area contributed by atoms with Crippen LogP contribution in [0, 0.1) is 18.8 Å². The van der Waals surface area contributed by atoms with E-state index in [1.54, 1.807) is 6.92 Å². The van der Waals surface area contributed by atoms with Crippen LogP contribution in [-0.2, 0) is 22.6 Å². The summed E-state index contributed by atoms with van der Waals surface area (Å²) in [6, 6.07) is 17.3. The fourth-order valence-corrected chi connectivity index (χ4v) is 4.16. The van der Waals surface area contributed by atoms with Gasteiger partial charge in [0.05, 0.1) is 12.5 Å². The van der Waals surface area contributed by atoms with E-state index < -0.39 is 18.0 Å². The lowest BCUT2D eigenvalue weighted by Crippen LogP contribution is -2.30. The molecule has 0 spiro atoms. The predicted octanol–water partition coefficient (Wildman–Crippen LogP) is 4.56. The Morgan fingerprint density at radius 3 is 2.53 bits per heavy atom. The smallest absolute Gasteiger partial charge is 0.409 e. The van der Waals surface area contributed by atoms with Crippen molar-refractivity contribution < 1.29 is 28.6 Å². The topological polar surface area (TPSA) is 102 Å². The number of nitrogens with zero attached hydrogens (tertiary/aromatic N) is 2. The van der Waals surface area contributed by atoms with Gasteiger partial charge >= 0.3 is 12.1 Å². The number of benzene rings is 2. The van der Waals surface area contributed by atoms with Gasteiger partial charge in [-0.2, -0.15) is 0 Å². The SMILES string of the molecule is CCOC(=O)N1CC(Cc2ccc(OCc3nc(-c4ccccc4)oc3C)cc2)[C@@H](C(=O)O)C1. The molecule has 34 heavy (non-hydrogen) atoms. The standard InChI is InChI=1S/C26H28N2O6/c1-3-32-26(31)28-14-20(22(15-28)25(29)30)13-18-9-11-21(12-10-18)33-16-23-17(2)34-24(27-23)19-7-5-4-6-8-19/h4-12,20,22H,3,13-16H2,1-2H3,(H,29,30)/t20?,22-/m0/s1. The maximum absolute atomic E-state index is 12.0. The summed E-state index contributed by atoms with van der Waals surface area (Å²) in [5.74, 6) is 0.268. The molecular weight excluding hydrogens is 436 g/mol. The average Bonchev–Trinajstić information content (AvgIpc) is 3.43. The summed E-state index contributed by atoms with van der Waals surface area (Å²) in [6.45, 7) is 4.67. The Morgan fingerprint density at radius 2 is 1.85 bits per heavy atom. The Labute approximate surface area is 198 Å². The van der Waals surface area contributed by atoms with E-state index in [0.29, 0.717) is 30.4 Å². The number of carboxylic acid groups (broad SMARTS) is 1. The second-order valence-electron chi connectivity index (χ2n) is 8.33. The molecule has 178 valence electrons. The summed E-state index contributed by atoms with van der Waals surface area (Å²) in [4.78, 5) is 29.8. The zero-order valence-electron chi connectivity index (χ0n) is 19.3. The van der Waals surface area contributed by atoms with Crippen molar-refractivity contribution in [1.82, 2.24) is 9.88 Å². The average molecular weight is 465 g/mol. The van der Waals surface area contributed by atoms with E-state index in [9.17, 15) is 14.7 Å². The molecule has 8 nitrogen and oxygen atoms in total. The van der Waals surface area contributed by atoms with E-state index in [4.69, 9.17) is 13.9 Å². The Bertz CT molecular complexity index is 1130. The van der Waals surface area contributed by atoms with Crippen molar-refractivity contribution in [3.63, 3.8) is 0 Å². The molecule has 0 bridgehead atoms. The lowest BCUT2D eigenvalue weighted by atomic mass is 9.90. The van der Waals surface area contributed by atoms with Crippen LogP contribution in [0.5, 0.6) is 5.75 Å². The van der Waals surface area contributed by atoms with E-state index in [1.807, 2.05) is 61.5 Å². The third-order valence-electron chi connectivity index (χ3n) is 5.99. The number of amides is 1. The van der Waals surface area contributed by atoms with Crippen molar-refractivity contribution in [3.8, 4) is 17.2 Å². The van der Waals surface area contributed by atoms with Gasteiger partial charge in [0, 0.05) is 18.7 Å². The molecule has 1 saturated heterocycles. The van der Waals surface area contributed by atoms with E-state index >= 15 is 0 Å². The number of aromatic nitrogens is 1. The fourth-order valence-electron chi connectivity index (χ4n) is 4.16. The lowest BCUT2D eigenvalue weighted by Gasteiger charge is -2.16. The van der Waals surface area contributed by atoms with E-state index in [0.717, 1.165) is 16.8 Å². The molecule has 4 rings (SSSR count). The quantitative estimate of drug-likeness (QED) is 0.521. The highest BCUT2D eigenvalue weighted by molar-refractivity contribution is 5.74. The van der Waals surface area contributed by atoms with Crippen LogP contribution in [0.4, 0.5) is 4.79 Å². The van der Waals surface area contributed by atoms with Crippen molar-refractivity contribution in [2.24, 2.45) is 11.8 Å². The number of ether oxygens (including phenoxy) is 2. The predicted molar refractivity (Wildman–Crippen MR) is 124 cm³/mol. The molecule has 1 amide bonds. The molecule has 1 fully saturated rings. The zero-order valence-corrected chi connectivity index (χ0v) is 19.3. The Kier molecular flexibility index (Phi) is 7.15. The number of rotatable bonds is 8. The van der Waals surface area contributed by atoms with Gasteiger partial charge in [0.1, 0.15) is 23.8 Å². The van der Waals surface area contributed by atoms with Crippen molar-refractivity contribution in [1.29, 1.82) is 0 Å². The summed E-state index contributed by atoms with van der Waals surface area (Å²) in [5.41, 5.74) is 2.63. The van der Waals surface area contributed by atoms with Crippen molar-refractivity contribution in [2.45, 2.75) is 26.9 Å². The summed E-state index contributed by atoms with van der Waals surface area (Å²) < 4.78 is 16.7. The van der Waals surface area contributed by atoms with Crippen LogP contribution in [0.15, 0.2) is 59.0 Å². The first-order chi connectivity index (χ1) is 16.4. The molecule has 0 aliphatic carbocycles. The third-order valence-corrected chi connectivity index (χ3v) is 5.99. The zero-order chi connectivity index (χ0) is 24.1. The second kappa shape index (κ2) is 10.4. The summed E-state index contributed by atoms with van der Waals surface area (Å²) in [5, 5.41) is 9.60. The molecule has 0 radical (unpaired) electrons. The van der Waals surface area contributed by atoms with Gasteiger partial charge in [-0.05, 0) is 56.0 Å². The van der Waals surface area contributed by atoms with Gasteiger partial charge in [-0.25, -0.2) is 9.78 Å². The first kappa shape index (κ1) is 23.4. The van der Waals surface area contributed by atoms with Gasteiger partial charge in [-0.3, -0.25) is 4.79 Å². The molecule has 8 heteroatoms. The Hall–Kier alpha value is -3.81. The van der Waals surface area contributed by atoms with Crippen LogP contribution < -0.4 is 4.74 Å². The third kappa shape index (κ3) is 5.39. The number of likely N-dealkylation sites (tertiary alicyclic amines) is 1. The Balaban J connectivity index is 1.36. The van der Waals surface area contributed by atoms with Crippen molar-refractivity contribution >= 4 is 12.1 Å². The summed E-state index contributed by atoms with van der Waals surface area (Å²) >= 11 is 0. The number of carbonyl (C=O) groups excluding carboxylic acids is 1. The minimum Gasteiger partial charge on any atom is -0.487 e. The molecule has 2 aromatic carbocycles. The van der Waals surface area contributed by atoms with Crippen molar-refractivity contribution in [3.05, 3.63) is 71.6 Å². The number of aliphatic carboxylic acids is 1. The van der Waals surface area contributed by atoms with Gasteiger partial charge in [0.25, 0.3) is 0 Å². The first-order valence-electron chi connectivity index (χ1n) is 11.3. The van der Waals surface area contributed by atoms with Gasteiger partial charge in [0.2, 0.25) is 5.89 Å². The normalized spacial score (nSPS) is 17.5. The first-order valence-corrected chi connectivity index (χ1v) is 11.3. The summed E-state index contributed by atoms with van der Waals surface area (Å²) in [7, 11) is 0. The molecule has 3 aromatic rings. The van der Waals surface area contributed by atoms with Crippen LogP contribution in [0.2, 0.25) is 0 Å². The molecule has 1 unspecified atom stereocenters. The molecule has 1 aliphatic heterocycles. The van der Waals surface area contributed by atoms with Gasteiger partial charge in [-0.1, -0.05) is 30.3 Å². The number of hydrogen-bond acceptors (Lipinski definition) is 6. The van der Waals surface area contributed by atoms with E-state index in [1.165, 1.54) is 4.90 Å². The number of carboxylic acids is 1. The molecule has 2 atom stereocenters. The highest BCUT2D eigenvalue weighted by atomic mass is 16.6. The van der Waals surface area contributed by atoms with Gasteiger partial charge < -0.3 is 23.9 Å². The monoisotopic (exact) mass is 464 g/mol. The highest BCUT2D eigenvalue weighted by Gasteiger charge is 2.40. The molecule has 1 aliphatic rings.